The summed E-state index contributed by atoms with van der Waals surface area (Å²) in [7, 11) is -0.581. The standard InChI is InChI=1S/C32H36N4O4S/c1-23(2)26-14-16-28(17-15-26)41(38,39)35-31(37)29-22-33-32(36(3)20-19-24-9-6-5-7-10-24)34-30(29)18-13-25-11-8-12-27(21-25)40-4/h5-12,14-17,21-23H,13,18-20H2,1-4H3,(H,35,37). The number of hydrogen-bond acceptors (Lipinski definition) is 7. The quantitative estimate of drug-likeness (QED) is 0.249. The maximum Gasteiger partial charge on any atom is 0.268 e. The molecule has 0 aliphatic heterocycles. The summed E-state index contributed by atoms with van der Waals surface area (Å²) in [5, 5.41) is 0. The van der Waals surface area contributed by atoms with Crippen LogP contribution < -0.4 is 14.4 Å². The van der Waals surface area contributed by atoms with Gasteiger partial charge in [0.1, 0.15) is 5.75 Å². The number of aromatic nitrogens is 2. The molecule has 1 heterocycles. The number of carbonyl (C=O) groups excluding carboxylic acids is 1. The molecule has 214 valence electrons. The average Bonchev–Trinajstić information content (AvgIpc) is 2.99. The van der Waals surface area contributed by atoms with Gasteiger partial charge in [-0.2, -0.15) is 0 Å². The van der Waals surface area contributed by atoms with E-state index in [4.69, 9.17) is 9.72 Å². The van der Waals surface area contributed by atoms with Gasteiger partial charge in [-0.15, -0.1) is 0 Å². The highest BCUT2D eigenvalue weighted by molar-refractivity contribution is 7.90. The highest BCUT2D eigenvalue weighted by Gasteiger charge is 2.23. The van der Waals surface area contributed by atoms with Gasteiger partial charge in [0.05, 0.1) is 23.3 Å². The number of anilines is 1. The van der Waals surface area contributed by atoms with E-state index in [1.807, 2.05) is 68.3 Å². The van der Waals surface area contributed by atoms with Crippen molar-refractivity contribution in [2.75, 3.05) is 25.6 Å². The number of amides is 1. The number of benzene rings is 3. The van der Waals surface area contributed by atoms with E-state index in [1.165, 1.54) is 23.9 Å². The number of carbonyl (C=O) groups is 1. The van der Waals surface area contributed by atoms with Crippen molar-refractivity contribution in [2.24, 2.45) is 0 Å². The van der Waals surface area contributed by atoms with Gasteiger partial charge in [-0.3, -0.25) is 4.79 Å². The minimum Gasteiger partial charge on any atom is -0.497 e. The minimum absolute atomic E-state index is 0.0198. The van der Waals surface area contributed by atoms with E-state index in [9.17, 15) is 13.2 Å². The molecule has 0 saturated heterocycles. The first-order valence-corrected chi connectivity index (χ1v) is 15.1. The fourth-order valence-corrected chi connectivity index (χ4v) is 5.34. The zero-order chi connectivity index (χ0) is 29.4. The first kappa shape index (κ1) is 29.7. The van der Waals surface area contributed by atoms with Crippen molar-refractivity contribution in [3.05, 3.63) is 113 Å². The van der Waals surface area contributed by atoms with Gasteiger partial charge in [0.15, 0.2) is 0 Å². The summed E-state index contributed by atoms with van der Waals surface area (Å²) in [6.45, 7) is 4.73. The molecule has 1 amide bonds. The lowest BCUT2D eigenvalue weighted by molar-refractivity contribution is 0.0979. The van der Waals surface area contributed by atoms with Crippen molar-refractivity contribution in [3.63, 3.8) is 0 Å². The molecule has 0 radical (unpaired) electrons. The van der Waals surface area contributed by atoms with E-state index in [-0.39, 0.29) is 16.4 Å². The Labute approximate surface area is 242 Å². The molecule has 0 bridgehead atoms. The maximum atomic E-state index is 13.3. The van der Waals surface area contributed by atoms with E-state index in [2.05, 4.69) is 21.8 Å². The fraction of sp³-hybridized carbons (Fsp3) is 0.281. The smallest absolute Gasteiger partial charge is 0.268 e. The van der Waals surface area contributed by atoms with Crippen molar-refractivity contribution >= 4 is 21.9 Å². The fourth-order valence-electron chi connectivity index (χ4n) is 4.37. The Bertz CT molecular complexity index is 1570. The molecule has 0 saturated carbocycles. The highest BCUT2D eigenvalue weighted by Crippen LogP contribution is 2.20. The summed E-state index contributed by atoms with van der Waals surface area (Å²) in [5.74, 6) is 0.691. The summed E-state index contributed by atoms with van der Waals surface area (Å²) in [6, 6.07) is 24.3. The van der Waals surface area contributed by atoms with Crippen LogP contribution in [0.4, 0.5) is 5.95 Å². The number of hydrogen-bond donors (Lipinski definition) is 1. The van der Waals surface area contributed by atoms with Gasteiger partial charge >= 0.3 is 0 Å². The molecule has 9 heteroatoms. The van der Waals surface area contributed by atoms with Crippen LogP contribution in [-0.4, -0.2) is 45.0 Å². The van der Waals surface area contributed by atoms with Crippen LogP contribution in [0.2, 0.25) is 0 Å². The molecule has 4 aromatic rings. The molecule has 0 aliphatic carbocycles. The number of sulfonamides is 1. The van der Waals surface area contributed by atoms with Crippen molar-refractivity contribution in [3.8, 4) is 5.75 Å². The summed E-state index contributed by atoms with van der Waals surface area (Å²) >= 11 is 0. The molecule has 8 nitrogen and oxygen atoms in total. The van der Waals surface area contributed by atoms with E-state index in [0.717, 1.165) is 23.3 Å². The Morgan fingerprint density at radius 2 is 1.63 bits per heavy atom. The molecule has 41 heavy (non-hydrogen) atoms. The third-order valence-corrected chi connectivity index (χ3v) is 8.24. The van der Waals surface area contributed by atoms with Crippen molar-refractivity contribution < 1.29 is 17.9 Å². The molecule has 1 N–H and O–H groups in total. The average molecular weight is 573 g/mol. The molecule has 4 rings (SSSR count). The molecular weight excluding hydrogens is 536 g/mol. The second-order valence-electron chi connectivity index (χ2n) is 10.2. The lowest BCUT2D eigenvalue weighted by Gasteiger charge is -2.19. The lowest BCUT2D eigenvalue weighted by atomic mass is 10.0. The summed E-state index contributed by atoms with van der Waals surface area (Å²) in [4.78, 5) is 24.4. The van der Waals surface area contributed by atoms with Crippen molar-refractivity contribution in [1.82, 2.24) is 14.7 Å². The number of aryl methyl sites for hydroxylation is 2. The van der Waals surface area contributed by atoms with Crippen LogP contribution >= 0.6 is 0 Å². The second kappa shape index (κ2) is 13.4. The summed E-state index contributed by atoms with van der Waals surface area (Å²) in [5.41, 5.74) is 3.80. The van der Waals surface area contributed by atoms with Crippen LogP contribution in [0, 0.1) is 0 Å². The van der Waals surface area contributed by atoms with Gasteiger partial charge in [-0.1, -0.05) is 68.4 Å². The predicted octanol–water partition coefficient (Wildman–Crippen LogP) is 5.19. The number of nitrogens with one attached hydrogen (secondary N) is 1. The van der Waals surface area contributed by atoms with Gasteiger partial charge < -0.3 is 9.64 Å². The summed E-state index contributed by atoms with van der Waals surface area (Å²) < 4.78 is 33.7. The van der Waals surface area contributed by atoms with Crippen LogP contribution in [-0.2, 0) is 29.3 Å². The second-order valence-corrected chi connectivity index (χ2v) is 11.9. The van der Waals surface area contributed by atoms with Crippen LogP contribution in [0.1, 0.15) is 52.5 Å². The molecule has 1 aromatic heterocycles. The maximum absolute atomic E-state index is 13.3. The lowest BCUT2D eigenvalue weighted by Crippen LogP contribution is -2.32. The number of rotatable bonds is 12. The third-order valence-electron chi connectivity index (χ3n) is 6.89. The Kier molecular flexibility index (Phi) is 9.73. The van der Waals surface area contributed by atoms with Crippen LogP contribution in [0.5, 0.6) is 5.75 Å². The largest absolute Gasteiger partial charge is 0.497 e. The monoisotopic (exact) mass is 572 g/mol. The Balaban J connectivity index is 1.58. The Morgan fingerprint density at radius 3 is 2.32 bits per heavy atom. The SMILES string of the molecule is COc1cccc(CCc2nc(N(C)CCc3ccccc3)ncc2C(=O)NS(=O)(=O)c2ccc(C(C)C)cc2)c1. The third kappa shape index (κ3) is 7.91. The summed E-state index contributed by atoms with van der Waals surface area (Å²) in [6.07, 6.45) is 3.19. The number of likely N-dealkylation sites (N-methyl/N-ethyl adjacent to an activating group) is 1. The van der Waals surface area contributed by atoms with Gasteiger partial charge in [0.2, 0.25) is 5.95 Å². The van der Waals surface area contributed by atoms with E-state index in [1.54, 1.807) is 19.2 Å². The van der Waals surface area contributed by atoms with Crippen molar-refractivity contribution in [1.29, 1.82) is 0 Å². The number of ether oxygens (including phenoxy) is 1. The Morgan fingerprint density at radius 1 is 0.927 bits per heavy atom. The normalized spacial score (nSPS) is 11.3. The van der Waals surface area contributed by atoms with E-state index in [0.29, 0.717) is 31.0 Å². The first-order chi connectivity index (χ1) is 19.7. The van der Waals surface area contributed by atoms with Gasteiger partial charge in [-0.05, 0) is 66.1 Å². The van der Waals surface area contributed by atoms with Gasteiger partial charge in [0, 0.05) is 19.8 Å². The van der Waals surface area contributed by atoms with E-state index >= 15 is 0 Å². The first-order valence-electron chi connectivity index (χ1n) is 13.6. The minimum atomic E-state index is -4.09. The predicted molar refractivity (Wildman–Crippen MR) is 161 cm³/mol. The molecule has 0 atom stereocenters. The molecule has 3 aromatic carbocycles. The number of methoxy groups -OCH3 is 1. The highest BCUT2D eigenvalue weighted by atomic mass is 32.2. The molecule has 0 aliphatic rings. The zero-order valence-electron chi connectivity index (χ0n) is 23.9. The molecule has 0 spiro atoms. The topological polar surface area (TPSA) is 101 Å². The van der Waals surface area contributed by atoms with Crippen molar-refractivity contribution in [2.45, 2.75) is 43.9 Å². The van der Waals surface area contributed by atoms with Gasteiger partial charge in [0.25, 0.3) is 15.9 Å². The Hall–Kier alpha value is -4.24. The van der Waals surface area contributed by atoms with E-state index < -0.39 is 15.9 Å². The van der Waals surface area contributed by atoms with Crippen LogP contribution in [0.3, 0.4) is 0 Å². The van der Waals surface area contributed by atoms with Crippen LogP contribution in [0.25, 0.3) is 0 Å². The zero-order valence-corrected chi connectivity index (χ0v) is 24.7. The van der Waals surface area contributed by atoms with Gasteiger partial charge in [-0.25, -0.2) is 23.1 Å². The molecular formula is C32H36N4O4S. The molecule has 0 fully saturated rings. The molecule has 0 unspecified atom stereocenters. The van der Waals surface area contributed by atoms with Crippen LogP contribution in [0.15, 0.2) is 90.0 Å². The number of nitrogens with zero attached hydrogens (tertiary/aromatic N) is 3.